The van der Waals surface area contributed by atoms with Gasteiger partial charge in [0.1, 0.15) is 28.5 Å². The lowest BCUT2D eigenvalue weighted by molar-refractivity contribution is 0.0949. The molecule has 0 fully saturated rings. The number of hydrogen-bond donors (Lipinski definition) is 2. The number of hydrogen-bond acceptors (Lipinski definition) is 3. The normalized spacial score (nSPS) is 11.1. The fourth-order valence-electron chi connectivity index (χ4n) is 3.76. The molecule has 33 heavy (non-hydrogen) atoms. The second-order valence-corrected chi connectivity index (χ2v) is 8.23. The van der Waals surface area contributed by atoms with Crippen LogP contribution in [0, 0.1) is 19.7 Å². The van der Waals surface area contributed by atoms with Crippen LogP contribution in [0.3, 0.4) is 0 Å². The smallest absolute Gasteiger partial charge is 0.274 e. The van der Waals surface area contributed by atoms with Gasteiger partial charge in [0.2, 0.25) is 0 Å². The van der Waals surface area contributed by atoms with E-state index >= 15 is 0 Å². The van der Waals surface area contributed by atoms with Gasteiger partial charge < -0.3 is 19.6 Å². The van der Waals surface area contributed by atoms with Gasteiger partial charge in [0, 0.05) is 36.8 Å². The lowest BCUT2D eigenvalue weighted by Crippen LogP contribution is -2.24. The topological polar surface area (TPSA) is 76.1 Å². The minimum atomic E-state index is -0.332. The molecule has 170 valence electrons. The lowest BCUT2D eigenvalue weighted by atomic mass is 10.0. The van der Waals surface area contributed by atoms with E-state index in [4.69, 9.17) is 4.74 Å². The van der Waals surface area contributed by atoms with E-state index in [0.29, 0.717) is 40.2 Å². The van der Waals surface area contributed by atoms with Crippen molar-refractivity contribution in [2.24, 2.45) is 7.05 Å². The van der Waals surface area contributed by atoms with Crippen LogP contribution in [0.1, 0.15) is 35.0 Å². The number of aromatic nitrogens is 2. The van der Waals surface area contributed by atoms with Gasteiger partial charge in [-0.15, -0.1) is 0 Å². The second-order valence-electron chi connectivity index (χ2n) is 8.23. The summed E-state index contributed by atoms with van der Waals surface area (Å²) in [5.41, 5.74) is 3.56. The van der Waals surface area contributed by atoms with Gasteiger partial charge in [-0.05, 0) is 61.2 Å². The molecule has 0 spiro atoms. The molecule has 2 aromatic heterocycles. The van der Waals surface area contributed by atoms with Crippen molar-refractivity contribution in [2.45, 2.75) is 27.2 Å². The van der Waals surface area contributed by atoms with Crippen LogP contribution in [0.15, 0.2) is 53.5 Å². The average molecular weight is 448 g/mol. The second kappa shape index (κ2) is 8.94. The van der Waals surface area contributed by atoms with Gasteiger partial charge in [-0.1, -0.05) is 19.1 Å². The van der Waals surface area contributed by atoms with Gasteiger partial charge >= 0.3 is 0 Å². The van der Waals surface area contributed by atoms with Gasteiger partial charge in [0.15, 0.2) is 0 Å². The summed E-state index contributed by atoms with van der Waals surface area (Å²) in [7, 11) is 1.67. The molecule has 0 unspecified atom stereocenters. The van der Waals surface area contributed by atoms with Crippen LogP contribution in [-0.2, 0) is 7.05 Å². The Labute approximate surface area is 191 Å². The number of pyridine rings is 1. The molecule has 2 N–H and O–H groups in total. The Kier molecular flexibility index (Phi) is 6.05. The molecule has 4 rings (SSSR count). The van der Waals surface area contributed by atoms with Gasteiger partial charge in [-0.25, -0.2) is 4.39 Å². The van der Waals surface area contributed by atoms with E-state index in [-0.39, 0.29) is 17.3 Å². The lowest BCUT2D eigenvalue weighted by Gasteiger charge is -2.12. The van der Waals surface area contributed by atoms with Crippen LogP contribution in [0.4, 0.5) is 4.39 Å². The summed E-state index contributed by atoms with van der Waals surface area (Å²) in [6.07, 6.45) is 2.56. The number of nitrogens with one attached hydrogen (secondary N) is 2. The standard InChI is InChI=1S/C26H26FN3O3/c1-5-8-28-25(31)23-13-20-21(14-30(4)26(32)24(20)29-23)17-9-15(2)10-19(11-17)33-18-7-6-16(3)22(27)12-18/h6-7,9-14,29H,5,8H2,1-4H3,(H,28,31). The summed E-state index contributed by atoms with van der Waals surface area (Å²) in [5, 5.41) is 3.48. The summed E-state index contributed by atoms with van der Waals surface area (Å²) in [6.45, 7) is 6.16. The monoisotopic (exact) mass is 447 g/mol. The minimum Gasteiger partial charge on any atom is -0.457 e. The van der Waals surface area contributed by atoms with E-state index in [0.717, 1.165) is 23.1 Å². The maximum absolute atomic E-state index is 14.0. The molecule has 0 radical (unpaired) electrons. The number of fused-ring (bicyclic) bond motifs is 1. The third kappa shape index (κ3) is 4.53. The van der Waals surface area contributed by atoms with Crippen LogP contribution in [-0.4, -0.2) is 22.0 Å². The SMILES string of the molecule is CCCNC(=O)c1cc2c(-c3cc(C)cc(Oc4ccc(C)c(F)c4)c3)cn(C)c(=O)c2[nH]1. The van der Waals surface area contributed by atoms with Gasteiger partial charge in [0.05, 0.1) is 0 Å². The van der Waals surface area contributed by atoms with Crippen LogP contribution in [0.5, 0.6) is 11.5 Å². The summed E-state index contributed by atoms with van der Waals surface area (Å²) in [4.78, 5) is 28.2. The third-order valence-corrected chi connectivity index (χ3v) is 5.49. The van der Waals surface area contributed by atoms with Crippen molar-refractivity contribution < 1.29 is 13.9 Å². The molecule has 1 amide bonds. The Balaban J connectivity index is 1.80. The van der Waals surface area contributed by atoms with Gasteiger partial charge in [-0.2, -0.15) is 0 Å². The van der Waals surface area contributed by atoms with Crippen LogP contribution < -0.4 is 15.6 Å². The first-order valence-corrected chi connectivity index (χ1v) is 10.8. The molecule has 0 saturated heterocycles. The molecule has 0 aliphatic heterocycles. The molecule has 0 aliphatic carbocycles. The number of carbonyl (C=O) groups excluding carboxylic acids is 1. The van der Waals surface area contributed by atoms with Crippen LogP contribution >= 0.6 is 0 Å². The average Bonchev–Trinajstić information content (AvgIpc) is 3.22. The number of carbonyl (C=O) groups is 1. The van der Waals surface area contributed by atoms with E-state index in [1.807, 2.05) is 32.0 Å². The number of aryl methyl sites for hydroxylation is 3. The summed E-state index contributed by atoms with van der Waals surface area (Å²) >= 11 is 0. The van der Waals surface area contributed by atoms with Gasteiger partial charge in [0.25, 0.3) is 11.5 Å². The molecule has 2 aromatic carbocycles. The maximum atomic E-state index is 14.0. The third-order valence-electron chi connectivity index (χ3n) is 5.49. The van der Waals surface area contributed by atoms with Crippen molar-refractivity contribution in [3.05, 3.63) is 81.7 Å². The van der Waals surface area contributed by atoms with Crippen molar-refractivity contribution in [1.82, 2.24) is 14.9 Å². The van der Waals surface area contributed by atoms with E-state index in [1.54, 1.807) is 38.4 Å². The van der Waals surface area contributed by atoms with Crippen molar-refractivity contribution in [2.75, 3.05) is 6.54 Å². The fraction of sp³-hybridized carbons (Fsp3) is 0.231. The molecule has 6 nitrogen and oxygen atoms in total. The predicted molar refractivity (Wildman–Crippen MR) is 128 cm³/mol. The predicted octanol–water partition coefficient (Wildman–Crippen LogP) is 5.22. The number of nitrogens with zero attached hydrogens (tertiary/aromatic N) is 1. The number of aromatic amines is 1. The highest BCUT2D eigenvalue weighted by molar-refractivity contribution is 6.02. The number of halogens is 1. The molecule has 2 heterocycles. The Bertz CT molecular complexity index is 1420. The highest BCUT2D eigenvalue weighted by atomic mass is 19.1. The summed E-state index contributed by atoms with van der Waals surface area (Å²) in [5.74, 6) is 0.362. The first kappa shape index (κ1) is 22.3. The molecule has 0 aliphatic rings. The van der Waals surface area contributed by atoms with E-state index in [9.17, 15) is 14.0 Å². The highest BCUT2D eigenvalue weighted by Crippen LogP contribution is 2.33. The molecule has 7 heteroatoms. The number of benzene rings is 2. The molecule has 0 atom stereocenters. The summed E-state index contributed by atoms with van der Waals surface area (Å²) < 4.78 is 21.4. The Morgan fingerprint density at radius 3 is 2.64 bits per heavy atom. The fourth-order valence-corrected chi connectivity index (χ4v) is 3.76. The number of H-pyrrole nitrogens is 1. The molecular weight excluding hydrogens is 421 g/mol. The van der Waals surface area contributed by atoms with E-state index < -0.39 is 0 Å². The molecule has 4 aromatic rings. The molecular formula is C26H26FN3O3. The number of amides is 1. The largest absolute Gasteiger partial charge is 0.457 e. The number of rotatable bonds is 6. The first-order chi connectivity index (χ1) is 15.8. The zero-order valence-electron chi connectivity index (χ0n) is 19.1. The maximum Gasteiger partial charge on any atom is 0.274 e. The quantitative estimate of drug-likeness (QED) is 0.425. The minimum absolute atomic E-state index is 0.220. The van der Waals surface area contributed by atoms with E-state index in [2.05, 4.69) is 10.3 Å². The van der Waals surface area contributed by atoms with Crippen molar-refractivity contribution in [1.29, 1.82) is 0 Å². The van der Waals surface area contributed by atoms with Crippen molar-refractivity contribution >= 4 is 16.8 Å². The Morgan fingerprint density at radius 1 is 1.12 bits per heavy atom. The summed E-state index contributed by atoms with van der Waals surface area (Å²) in [6, 6.07) is 12.1. The zero-order valence-corrected chi connectivity index (χ0v) is 19.1. The molecule has 0 bridgehead atoms. The van der Waals surface area contributed by atoms with E-state index in [1.165, 1.54) is 10.6 Å². The highest BCUT2D eigenvalue weighted by Gasteiger charge is 2.17. The van der Waals surface area contributed by atoms with Gasteiger partial charge in [-0.3, -0.25) is 9.59 Å². The van der Waals surface area contributed by atoms with Crippen LogP contribution in [0.2, 0.25) is 0 Å². The Hall–Kier alpha value is -3.87. The van der Waals surface area contributed by atoms with Crippen LogP contribution in [0.25, 0.3) is 22.0 Å². The first-order valence-electron chi connectivity index (χ1n) is 10.8. The zero-order chi connectivity index (χ0) is 23.7. The number of ether oxygens (including phenoxy) is 1. The van der Waals surface area contributed by atoms with Crippen molar-refractivity contribution in [3.63, 3.8) is 0 Å². The van der Waals surface area contributed by atoms with Crippen molar-refractivity contribution in [3.8, 4) is 22.6 Å². The molecule has 0 saturated carbocycles. The Morgan fingerprint density at radius 2 is 1.91 bits per heavy atom.